The lowest BCUT2D eigenvalue weighted by atomic mass is 10.2. The van der Waals surface area contributed by atoms with Gasteiger partial charge in [-0.05, 0) is 17.7 Å². The van der Waals surface area contributed by atoms with Crippen LogP contribution in [-0.2, 0) is 13.0 Å². The zero-order chi connectivity index (χ0) is 16.6. The first-order valence-electron chi connectivity index (χ1n) is 7.91. The summed E-state index contributed by atoms with van der Waals surface area (Å²) in [6.07, 6.45) is 4.34. The van der Waals surface area contributed by atoms with Crippen molar-refractivity contribution in [3.8, 4) is 11.3 Å². The van der Waals surface area contributed by atoms with Crippen molar-refractivity contribution in [1.29, 1.82) is 0 Å². The fraction of sp³-hybridized carbons (Fsp3) is 0.222. The Morgan fingerprint density at radius 3 is 2.79 bits per heavy atom. The summed E-state index contributed by atoms with van der Waals surface area (Å²) >= 11 is 0. The Hall–Kier alpha value is -3.02. The first-order valence-corrected chi connectivity index (χ1v) is 7.91. The van der Waals surface area contributed by atoms with Crippen LogP contribution in [0.3, 0.4) is 0 Å². The third kappa shape index (κ3) is 4.25. The lowest BCUT2D eigenvalue weighted by molar-refractivity contribution is 0.506. The molecule has 2 heterocycles. The third-order valence-corrected chi connectivity index (χ3v) is 3.60. The number of H-pyrrole nitrogens is 1. The molecule has 0 atom stereocenters. The number of aromatic nitrogens is 2. The van der Waals surface area contributed by atoms with E-state index in [0.717, 1.165) is 41.8 Å². The maximum absolute atomic E-state index is 5.31. The van der Waals surface area contributed by atoms with Crippen LogP contribution in [0.5, 0.6) is 0 Å². The molecule has 3 rings (SSSR count). The van der Waals surface area contributed by atoms with E-state index < -0.39 is 0 Å². The van der Waals surface area contributed by atoms with Crippen molar-refractivity contribution in [2.24, 2.45) is 4.99 Å². The van der Waals surface area contributed by atoms with E-state index >= 15 is 0 Å². The lowest BCUT2D eigenvalue weighted by Gasteiger charge is -2.10. The predicted octanol–water partition coefficient (Wildman–Crippen LogP) is 2.58. The van der Waals surface area contributed by atoms with E-state index in [1.807, 2.05) is 36.5 Å². The number of hydrogen-bond donors (Lipinski definition) is 3. The molecule has 0 spiro atoms. The number of aliphatic imine (C=N–C) groups is 1. The lowest BCUT2D eigenvalue weighted by Crippen LogP contribution is -2.38. The minimum absolute atomic E-state index is 0.577. The number of rotatable bonds is 6. The molecular formula is C18H21N5O. The SMILES string of the molecule is CN=C(NCCc1ccco1)NCc1ncc(-c2ccccc2)[nH]1. The van der Waals surface area contributed by atoms with Crippen molar-refractivity contribution < 1.29 is 4.42 Å². The van der Waals surface area contributed by atoms with Gasteiger partial charge in [0, 0.05) is 20.0 Å². The molecule has 0 radical (unpaired) electrons. The molecule has 2 aromatic heterocycles. The molecule has 6 heteroatoms. The van der Waals surface area contributed by atoms with Crippen LogP contribution in [0.4, 0.5) is 0 Å². The second-order valence-electron chi connectivity index (χ2n) is 5.29. The minimum Gasteiger partial charge on any atom is -0.469 e. The number of nitrogens with one attached hydrogen (secondary N) is 3. The standard InChI is InChI=1S/C18H21N5O/c1-19-18(20-10-9-15-8-5-11-24-15)22-13-17-21-12-16(23-17)14-6-3-2-4-7-14/h2-8,11-12H,9-10,13H2,1H3,(H,21,23)(H2,19,20,22). The molecule has 0 aliphatic heterocycles. The summed E-state index contributed by atoms with van der Waals surface area (Å²) in [6, 6.07) is 14.0. The Kier molecular flexibility index (Phi) is 5.29. The third-order valence-electron chi connectivity index (χ3n) is 3.60. The summed E-state index contributed by atoms with van der Waals surface area (Å²) in [5.41, 5.74) is 2.13. The Bertz CT molecular complexity index is 762. The Balaban J connectivity index is 1.48. The van der Waals surface area contributed by atoms with Gasteiger partial charge in [0.05, 0.1) is 24.7 Å². The van der Waals surface area contributed by atoms with Gasteiger partial charge < -0.3 is 20.0 Å². The molecule has 24 heavy (non-hydrogen) atoms. The van der Waals surface area contributed by atoms with Gasteiger partial charge in [0.25, 0.3) is 0 Å². The maximum Gasteiger partial charge on any atom is 0.191 e. The molecule has 1 aromatic carbocycles. The minimum atomic E-state index is 0.577. The van der Waals surface area contributed by atoms with Crippen molar-refractivity contribution in [1.82, 2.24) is 20.6 Å². The van der Waals surface area contributed by atoms with Crippen LogP contribution in [-0.4, -0.2) is 29.5 Å². The summed E-state index contributed by atoms with van der Waals surface area (Å²) in [5, 5.41) is 6.50. The van der Waals surface area contributed by atoms with E-state index in [1.165, 1.54) is 0 Å². The average Bonchev–Trinajstić information content (AvgIpc) is 3.30. The van der Waals surface area contributed by atoms with Crippen molar-refractivity contribution >= 4 is 5.96 Å². The maximum atomic E-state index is 5.31. The molecule has 0 amide bonds. The quantitative estimate of drug-likeness (QED) is 0.481. The van der Waals surface area contributed by atoms with Gasteiger partial charge in [-0.2, -0.15) is 0 Å². The highest BCUT2D eigenvalue weighted by atomic mass is 16.3. The van der Waals surface area contributed by atoms with Crippen molar-refractivity contribution in [3.63, 3.8) is 0 Å². The Labute approximate surface area is 141 Å². The van der Waals surface area contributed by atoms with E-state index in [-0.39, 0.29) is 0 Å². The van der Waals surface area contributed by atoms with Crippen LogP contribution < -0.4 is 10.6 Å². The zero-order valence-electron chi connectivity index (χ0n) is 13.6. The molecule has 0 saturated carbocycles. The first-order chi connectivity index (χ1) is 11.8. The van der Waals surface area contributed by atoms with Gasteiger partial charge in [-0.3, -0.25) is 4.99 Å². The number of hydrogen-bond acceptors (Lipinski definition) is 3. The molecule has 0 aliphatic carbocycles. The molecule has 0 bridgehead atoms. The fourth-order valence-electron chi connectivity index (χ4n) is 2.36. The van der Waals surface area contributed by atoms with Crippen LogP contribution in [0, 0.1) is 0 Å². The molecule has 6 nitrogen and oxygen atoms in total. The second kappa shape index (κ2) is 8.01. The number of furan rings is 1. The number of aromatic amines is 1. The zero-order valence-corrected chi connectivity index (χ0v) is 13.6. The van der Waals surface area contributed by atoms with Gasteiger partial charge in [-0.15, -0.1) is 0 Å². The first kappa shape index (κ1) is 15.9. The fourth-order valence-corrected chi connectivity index (χ4v) is 2.36. The largest absolute Gasteiger partial charge is 0.469 e. The highest BCUT2D eigenvalue weighted by molar-refractivity contribution is 5.79. The van der Waals surface area contributed by atoms with Gasteiger partial charge in [-0.1, -0.05) is 30.3 Å². The predicted molar refractivity (Wildman–Crippen MR) is 94.6 cm³/mol. The van der Waals surface area contributed by atoms with Crippen molar-refractivity contribution in [3.05, 3.63) is 66.5 Å². The van der Waals surface area contributed by atoms with Crippen LogP contribution in [0.25, 0.3) is 11.3 Å². The average molecular weight is 323 g/mol. The highest BCUT2D eigenvalue weighted by Crippen LogP contribution is 2.15. The van der Waals surface area contributed by atoms with Crippen molar-refractivity contribution in [2.45, 2.75) is 13.0 Å². The summed E-state index contributed by atoms with van der Waals surface area (Å²) in [7, 11) is 1.75. The van der Waals surface area contributed by atoms with Gasteiger partial charge >= 0.3 is 0 Å². The smallest absolute Gasteiger partial charge is 0.191 e. The summed E-state index contributed by atoms with van der Waals surface area (Å²) < 4.78 is 5.31. The highest BCUT2D eigenvalue weighted by Gasteiger charge is 2.04. The second-order valence-corrected chi connectivity index (χ2v) is 5.29. The molecule has 0 fully saturated rings. The van der Waals surface area contributed by atoms with Gasteiger partial charge in [0.1, 0.15) is 11.6 Å². The normalized spacial score (nSPS) is 11.5. The molecule has 124 valence electrons. The molecule has 0 aliphatic rings. The Morgan fingerprint density at radius 2 is 2.04 bits per heavy atom. The van der Waals surface area contributed by atoms with Gasteiger partial charge in [0.15, 0.2) is 5.96 Å². The van der Waals surface area contributed by atoms with Crippen LogP contribution in [0.2, 0.25) is 0 Å². The summed E-state index contributed by atoms with van der Waals surface area (Å²) in [5.74, 6) is 2.55. The number of nitrogens with zero attached hydrogens (tertiary/aromatic N) is 2. The van der Waals surface area contributed by atoms with Gasteiger partial charge in [-0.25, -0.2) is 4.98 Å². The topological polar surface area (TPSA) is 78.2 Å². The van der Waals surface area contributed by atoms with E-state index in [2.05, 4.69) is 37.7 Å². The molecule has 3 aromatic rings. The molecule has 3 N–H and O–H groups in total. The van der Waals surface area contributed by atoms with E-state index in [1.54, 1.807) is 13.3 Å². The van der Waals surface area contributed by atoms with Crippen LogP contribution in [0.15, 0.2) is 64.3 Å². The number of benzene rings is 1. The summed E-state index contributed by atoms with van der Waals surface area (Å²) in [6.45, 7) is 1.33. The van der Waals surface area contributed by atoms with Gasteiger partial charge in [0.2, 0.25) is 0 Å². The van der Waals surface area contributed by atoms with Crippen LogP contribution >= 0.6 is 0 Å². The van der Waals surface area contributed by atoms with Crippen LogP contribution in [0.1, 0.15) is 11.6 Å². The number of guanidine groups is 1. The Morgan fingerprint density at radius 1 is 1.17 bits per heavy atom. The molecule has 0 saturated heterocycles. The molecule has 0 unspecified atom stereocenters. The van der Waals surface area contributed by atoms with E-state index in [4.69, 9.17) is 4.42 Å². The van der Waals surface area contributed by atoms with E-state index in [9.17, 15) is 0 Å². The summed E-state index contributed by atoms with van der Waals surface area (Å²) in [4.78, 5) is 11.9. The molecular weight excluding hydrogens is 302 g/mol. The number of imidazole rings is 1. The monoisotopic (exact) mass is 323 g/mol. The van der Waals surface area contributed by atoms with E-state index in [0.29, 0.717) is 6.54 Å². The van der Waals surface area contributed by atoms with Crippen molar-refractivity contribution in [2.75, 3.05) is 13.6 Å².